The number of hydrogen-bond acceptors (Lipinski definition) is 4. The number of hydrogen-bond donors (Lipinski definition) is 3. The topological polar surface area (TPSA) is 74.2 Å². The lowest BCUT2D eigenvalue weighted by atomic mass is 10.0. The number of aromatic nitrogens is 1. The van der Waals surface area contributed by atoms with E-state index in [0.29, 0.717) is 27.0 Å². The summed E-state index contributed by atoms with van der Waals surface area (Å²) in [6.45, 7) is 0.158. The predicted octanol–water partition coefficient (Wildman–Crippen LogP) is 4.50. The Hall–Kier alpha value is -2.51. The lowest BCUT2D eigenvalue weighted by Crippen LogP contribution is -2.23. The summed E-state index contributed by atoms with van der Waals surface area (Å²) in [6.07, 6.45) is -1.56. The van der Waals surface area contributed by atoms with Crippen LogP contribution < -0.4 is 15.7 Å². The number of carbonyl (C=O) groups is 1. The van der Waals surface area contributed by atoms with Crippen molar-refractivity contribution < 1.29 is 22.9 Å². The fourth-order valence-corrected chi connectivity index (χ4v) is 3.84. The molecule has 0 fully saturated rings. The molecular weight excluding hydrogens is 450 g/mol. The summed E-state index contributed by atoms with van der Waals surface area (Å²) in [5, 5.41) is 6.57. The Balaban J connectivity index is 1.71. The highest BCUT2D eigenvalue weighted by Crippen LogP contribution is 2.31. The van der Waals surface area contributed by atoms with Crippen LogP contribution in [0.25, 0.3) is 11.1 Å². The van der Waals surface area contributed by atoms with E-state index in [9.17, 15) is 22.9 Å². The van der Waals surface area contributed by atoms with Gasteiger partial charge in [0.25, 0.3) is 5.91 Å². The van der Waals surface area contributed by atoms with Crippen LogP contribution in [0, 0.1) is 0 Å². The number of benzene rings is 2. The fourth-order valence-electron chi connectivity index (χ4n) is 2.79. The highest BCUT2D eigenvalue weighted by molar-refractivity contribution is 7.57. The van der Waals surface area contributed by atoms with E-state index < -0.39 is 25.9 Å². The lowest BCUT2D eigenvalue weighted by Gasteiger charge is -2.12. The van der Waals surface area contributed by atoms with Gasteiger partial charge in [0.15, 0.2) is 0 Å². The number of nitrogens with one attached hydrogen (secondary N) is 2. The first kappa shape index (κ1) is 23.2. The zero-order chi connectivity index (χ0) is 22.6. The number of rotatable bonds is 6. The average molecular weight is 468 g/mol. The minimum absolute atomic E-state index is 0.158. The van der Waals surface area contributed by atoms with Gasteiger partial charge < -0.3 is 10.2 Å². The Morgan fingerprint density at radius 2 is 1.81 bits per heavy atom. The Morgan fingerprint density at radius 1 is 1.10 bits per heavy atom. The highest BCUT2D eigenvalue weighted by atomic mass is 35.5. The van der Waals surface area contributed by atoms with Crippen molar-refractivity contribution in [2.75, 3.05) is 7.05 Å². The smallest absolute Gasteiger partial charge is 0.356 e. The molecule has 3 aromatic rings. The third-order valence-electron chi connectivity index (χ3n) is 4.48. The van der Waals surface area contributed by atoms with Crippen molar-refractivity contribution in [1.29, 1.82) is 0 Å². The molecule has 0 aliphatic carbocycles. The SMILES string of the molecule is CNP(O)c1ccc(CNC(=O)c2cncc(-c3ccc(C(F)(F)F)cc3)c2)c(Cl)c1. The van der Waals surface area contributed by atoms with Crippen molar-refractivity contribution >= 4 is 31.1 Å². The van der Waals surface area contributed by atoms with Gasteiger partial charge in [-0.3, -0.25) is 14.9 Å². The first-order valence-electron chi connectivity index (χ1n) is 9.04. The van der Waals surface area contributed by atoms with Gasteiger partial charge in [0.05, 0.1) is 11.1 Å². The van der Waals surface area contributed by atoms with E-state index >= 15 is 0 Å². The maximum Gasteiger partial charge on any atom is 0.416 e. The summed E-state index contributed by atoms with van der Waals surface area (Å²) in [5.74, 6) is -0.402. The Kier molecular flexibility index (Phi) is 7.28. The monoisotopic (exact) mass is 467 g/mol. The molecule has 0 bridgehead atoms. The number of amides is 1. The van der Waals surface area contributed by atoms with Gasteiger partial charge in [-0.1, -0.05) is 35.9 Å². The van der Waals surface area contributed by atoms with Crippen molar-refractivity contribution in [3.8, 4) is 11.1 Å². The van der Waals surface area contributed by atoms with Crippen LogP contribution in [-0.2, 0) is 12.7 Å². The van der Waals surface area contributed by atoms with Gasteiger partial charge >= 0.3 is 6.18 Å². The van der Waals surface area contributed by atoms with Crippen LogP contribution in [0.1, 0.15) is 21.5 Å². The maximum atomic E-state index is 12.7. The number of pyridine rings is 1. The van der Waals surface area contributed by atoms with E-state index in [0.717, 1.165) is 12.1 Å². The molecule has 10 heteroatoms. The fraction of sp³-hybridized carbons (Fsp3) is 0.143. The number of alkyl halides is 3. The van der Waals surface area contributed by atoms with E-state index in [2.05, 4.69) is 15.4 Å². The second-order valence-electron chi connectivity index (χ2n) is 6.53. The molecule has 0 saturated carbocycles. The third-order valence-corrected chi connectivity index (χ3v) is 6.02. The first-order valence-corrected chi connectivity index (χ1v) is 10.7. The van der Waals surface area contributed by atoms with Crippen molar-refractivity contribution in [2.24, 2.45) is 0 Å². The minimum atomic E-state index is -4.41. The Morgan fingerprint density at radius 3 is 2.42 bits per heavy atom. The van der Waals surface area contributed by atoms with Gasteiger partial charge in [0.1, 0.15) is 8.30 Å². The molecule has 0 aliphatic rings. The molecule has 1 atom stereocenters. The summed E-state index contributed by atoms with van der Waals surface area (Å²) in [7, 11) is 0.153. The molecule has 2 aromatic carbocycles. The molecule has 0 radical (unpaired) electrons. The predicted molar refractivity (Wildman–Crippen MR) is 115 cm³/mol. The average Bonchev–Trinajstić information content (AvgIpc) is 2.77. The summed E-state index contributed by atoms with van der Waals surface area (Å²) >= 11 is 6.24. The molecule has 5 nitrogen and oxygen atoms in total. The van der Waals surface area contributed by atoms with Gasteiger partial charge in [-0.2, -0.15) is 13.2 Å². The molecule has 0 aliphatic heterocycles. The highest BCUT2D eigenvalue weighted by Gasteiger charge is 2.30. The van der Waals surface area contributed by atoms with Gasteiger partial charge in [0.2, 0.25) is 0 Å². The van der Waals surface area contributed by atoms with Crippen LogP contribution in [0.4, 0.5) is 13.2 Å². The number of carbonyl (C=O) groups excluding carboxylic acids is 1. The van der Waals surface area contributed by atoms with Crippen LogP contribution in [0.5, 0.6) is 0 Å². The van der Waals surface area contributed by atoms with E-state index in [4.69, 9.17) is 11.6 Å². The molecule has 1 amide bonds. The Bertz CT molecular complexity index is 1080. The van der Waals surface area contributed by atoms with E-state index in [-0.39, 0.29) is 12.1 Å². The normalized spacial score (nSPS) is 12.5. The molecule has 162 valence electrons. The zero-order valence-electron chi connectivity index (χ0n) is 16.2. The van der Waals surface area contributed by atoms with Gasteiger partial charge in [0, 0.05) is 34.8 Å². The number of nitrogens with zero attached hydrogens (tertiary/aromatic N) is 1. The molecule has 0 saturated heterocycles. The maximum absolute atomic E-state index is 12.7. The van der Waals surface area contributed by atoms with Gasteiger partial charge in [-0.15, -0.1) is 0 Å². The molecule has 3 N–H and O–H groups in total. The quantitative estimate of drug-likeness (QED) is 0.467. The van der Waals surface area contributed by atoms with Crippen LogP contribution >= 0.6 is 19.9 Å². The van der Waals surface area contributed by atoms with Crippen LogP contribution in [0.2, 0.25) is 5.02 Å². The number of halogens is 4. The van der Waals surface area contributed by atoms with Gasteiger partial charge in [-0.25, -0.2) is 0 Å². The van der Waals surface area contributed by atoms with Gasteiger partial charge in [-0.05, 0) is 42.4 Å². The summed E-state index contributed by atoms with van der Waals surface area (Å²) in [6, 6.07) is 11.3. The summed E-state index contributed by atoms with van der Waals surface area (Å²) in [4.78, 5) is 26.4. The lowest BCUT2D eigenvalue weighted by molar-refractivity contribution is -0.137. The second-order valence-corrected chi connectivity index (χ2v) is 8.53. The molecule has 3 rings (SSSR count). The first-order chi connectivity index (χ1) is 14.7. The largest absolute Gasteiger partial charge is 0.416 e. The minimum Gasteiger partial charge on any atom is -0.356 e. The molecular formula is C21H18ClF3N3O2P. The van der Waals surface area contributed by atoms with Crippen molar-refractivity contribution in [1.82, 2.24) is 15.4 Å². The summed E-state index contributed by atoms with van der Waals surface area (Å²) < 4.78 is 38.2. The van der Waals surface area contributed by atoms with E-state index in [1.807, 2.05) is 0 Å². The van der Waals surface area contributed by atoms with Crippen LogP contribution in [-0.4, -0.2) is 22.8 Å². The van der Waals surface area contributed by atoms with Crippen LogP contribution in [0.15, 0.2) is 60.9 Å². The summed E-state index contributed by atoms with van der Waals surface area (Å²) in [5.41, 5.74) is 1.22. The standard InChI is InChI=1S/C21H18ClF3N3O2P/c1-26-31(30)18-7-4-14(19(22)9-18)12-28-20(29)16-8-15(10-27-11-16)13-2-5-17(6-3-13)21(23,24)25/h2-11,26,30H,12H2,1H3,(H,28,29). The zero-order valence-corrected chi connectivity index (χ0v) is 17.9. The molecule has 1 unspecified atom stereocenters. The third kappa shape index (κ3) is 5.80. The molecule has 1 aromatic heterocycles. The van der Waals surface area contributed by atoms with Crippen molar-refractivity contribution in [3.63, 3.8) is 0 Å². The Labute approximate surface area is 183 Å². The molecule has 0 spiro atoms. The second kappa shape index (κ2) is 9.75. The van der Waals surface area contributed by atoms with Crippen molar-refractivity contribution in [3.05, 3.63) is 82.6 Å². The van der Waals surface area contributed by atoms with Crippen molar-refractivity contribution in [2.45, 2.75) is 12.7 Å². The van der Waals surface area contributed by atoms with E-state index in [1.165, 1.54) is 24.5 Å². The molecule has 31 heavy (non-hydrogen) atoms. The van der Waals surface area contributed by atoms with Crippen LogP contribution in [0.3, 0.4) is 0 Å². The van der Waals surface area contributed by atoms with E-state index in [1.54, 1.807) is 31.3 Å². The molecule has 1 heterocycles.